The number of nitriles is 1. The van der Waals surface area contributed by atoms with Crippen LogP contribution in [0.4, 0.5) is 0 Å². The molecule has 1 aromatic heterocycles. The van der Waals surface area contributed by atoms with Gasteiger partial charge in [0.15, 0.2) is 0 Å². The van der Waals surface area contributed by atoms with Gasteiger partial charge in [-0.25, -0.2) is 0 Å². The van der Waals surface area contributed by atoms with Crippen molar-refractivity contribution in [3.63, 3.8) is 0 Å². The maximum atomic E-state index is 13.2. The second-order valence-electron chi connectivity index (χ2n) is 7.16. The topological polar surface area (TPSA) is 74.3 Å². The third kappa shape index (κ3) is 3.99. The molecule has 4 rings (SSSR count). The molecule has 1 aliphatic rings. The molecule has 0 atom stereocenters. The van der Waals surface area contributed by atoms with E-state index in [-0.39, 0.29) is 17.7 Å². The second-order valence-corrected chi connectivity index (χ2v) is 7.94. The maximum absolute atomic E-state index is 13.2. The van der Waals surface area contributed by atoms with Crippen LogP contribution in [0.5, 0.6) is 0 Å². The Morgan fingerprint density at radius 3 is 2.47 bits per heavy atom. The molecule has 0 fully saturated rings. The van der Waals surface area contributed by atoms with Crippen molar-refractivity contribution in [2.75, 3.05) is 0 Å². The minimum atomic E-state index is -0.609. The summed E-state index contributed by atoms with van der Waals surface area (Å²) < 4.78 is 5.87. The lowest BCUT2D eigenvalue weighted by Crippen LogP contribution is -2.42. The number of amides is 2. The summed E-state index contributed by atoms with van der Waals surface area (Å²) >= 11 is 12.4. The van der Waals surface area contributed by atoms with Crippen LogP contribution in [0.1, 0.15) is 18.2 Å². The Hall–Kier alpha value is -3.59. The van der Waals surface area contributed by atoms with Gasteiger partial charge in [-0.3, -0.25) is 14.5 Å². The molecule has 2 heterocycles. The Labute approximate surface area is 194 Å². The van der Waals surface area contributed by atoms with Gasteiger partial charge in [-0.05, 0) is 48.4 Å². The predicted molar refractivity (Wildman–Crippen MR) is 122 cm³/mol. The molecule has 0 N–H and O–H groups in total. The first kappa shape index (κ1) is 21.6. The average Bonchev–Trinajstić information content (AvgIpc) is 3.26. The quantitative estimate of drug-likeness (QED) is 0.349. The van der Waals surface area contributed by atoms with Gasteiger partial charge in [0.25, 0.3) is 11.8 Å². The van der Waals surface area contributed by atoms with E-state index in [9.17, 15) is 14.9 Å². The van der Waals surface area contributed by atoms with Gasteiger partial charge in [-0.2, -0.15) is 5.26 Å². The molecule has 1 aliphatic heterocycles. The summed E-state index contributed by atoms with van der Waals surface area (Å²) in [6.45, 7) is 1.65. The minimum Gasteiger partial charge on any atom is -0.457 e. The number of benzene rings is 2. The number of imide groups is 1. The van der Waals surface area contributed by atoms with Gasteiger partial charge < -0.3 is 4.42 Å². The number of hydrogen-bond acceptors (Lipinski definition) is 4. The summed E-state index contributed by atoms with van der Waals surface area (Å²) in [5, 5.41) is 10.3. The third-order valence-corrected chi connectivity index (χ3v) is 5.96. The molecule has 0 saturated carbocycles. The normalized spacial score (nSPS) is 15.4. The molecule has 32 heavy (non-hydrogen) atoms. The number of furan rings is 1. The van der Waals surface area contributed by atoms with Crippen molar-refractivity contribution in [2.45, 2.75) is 13.5 Å². The lowest BCUT2D eigenvalue weighted by Gasteiger charge is -2.27. The fourth-order valence-corrected chi connectivity index (χ4v) is 3.84. The molecular weight excluding hydrogens is 447 g/mol. The molecule has 0 radical (unpaired) electrons. The summed E-state index contributed by atoms with van der Waals surface area (Å²) in [4.78, 5) is 27.1. The zero-order valence-corrected chi connectivity index (χ0v) is 18.4. The zero-order chi connectivity index (χ0) is 22.8. The van der Waals surface area contributed by atoms with E-state index >= 15 is 0 Å². The zero-order valence-electron chi connectivity index (χ0n) is 16.9. The Balaban J connectivity index is 1.73. The third-order valence-electron chi connectivity index (χ3n) is 5.14. The van der Waals surface area contributed by atoms with E-state index in [1.165, 1.54) is 6.08 Å². The monoisotopic (exact) mass is 462 g/mol. The van der Waals surface area contributed by atoms with Crippen molar-refractivity contribution in [1.29, 1.82) is 5.26 Å². The van der Waals surface area contributed by atoms with Crippen LogP contribution in [0.2, 0.25) is 10.0 Å². The largest absolute Gasteiger partial charge is 0.457 e. The fourth-order valence-electron chi connectivity index (χ4n) is 3.45. The SMILES string of the molecule is CC1=C(C#N)C(=O)N(Cc2ccccc2)C(=O)/C1=C/c1ccc(-c2cccc(Cl)c2Cl)o1. The Bertz CT molecular complexity index is 1330. The predicted octanol–water partition coefficient (Wildman–Crippen LogP) is 6.05. The van der Waals surface area contributed by atoms with Crippen molar-refractivity contribution >= 4 is 41.1 Å². The van der Waals surface area contributed by atoms with Gasteiger partial charge in [0.2, 0.25) is 0 Å². The summed E-state index contributed by atoms with van der Waals surface area (Å²) in [6, 6.07) is 19.7. The van der Waals surface area contributed by atoms with Crippen molar-refractivity contribution in [2.24, 2.45) is 0 Å². The summed E-state index contributed by atoms with van der Waals surface area (Å²) in [7, 11) is 0. The first-order chi connectivity index (χ1) is 15.4. The molecule has 0 aliphatic carbocycles. The van der Waals surface area contributed by atoms with Crippen molar-refractivity contribution in [3.8, 4) is 17.4 Å². The van der Waals surface area contributed by atoms with Crippen LogP contribution in [0, 0.1) is 11.3 Å². The fraction of sp³-hybridized carbons (Fsp3) is 0.0800. The number of carbonyl (C=O) groups excluding carboxylic acids is 2. The highest BCUT2D eigenvalue weighted by atomic mass is 35.5. The molecular formula is C25H16Cl2N2O3. The van der Waals surface area contributed by atoms with Crippen LogP contribution >= 0.6 is 23.2 Å². The minimum absolute atomic E-state index is 0.0653. The molecule has 0 saturated heterocycles. The van der Waals surface area contributed by atoms with E-state index in [2.05, 4.69) is 0 Å². The number of halogens is 2. The van der Waals surface area contributed by atoms with Crippen LogP contribution in [-0.2, 0) is 16.1 Å². The summed E-state index contributed by atoms with van der Waals surface area (Å²) in [5.74, 6) is -0.243. The van der Waals surface area contributed by atoms with Crippen molar-refractivity contribution in [3.05, 3.63) is 98.8 Å². The highest BCUT2D eigenvalue weighted by molar-refractivity contribution is 6.43. The molecule has 2 aromatic carbocycles. The highest BCUT2D eigenvalue weighted by Gasteiger charge is 2.35. The first-order valence-corrected chi connectivity index (χ1v) is 10.4. The van der Waals surface area contributed by atoms with E-state index in [4.69, 9.17) is 27.6 Å². The Morgan fingerprint density at radius 1 is 1.00 bits per heavy atom. The van der Waals surface area contributed by atoms with Gasteiger partial charge in [0.1, 0.15) is 23.2 Å². The van der Waals surface area contributed by atoms with E-state index in [1.807, 2.05) is 36.4 Å². The summed E-state index contributed by atoms with van der Waals surface area (Å²) in [6.07, 6.45) is 1.53. The number of nitrogens with zero attached hydrogens (tertiary/aromatic N) is 2. The van der Waals surface area contributed by atoms with E-state index in [1.54, 1.807) is 37.3 Å². The smallest absolute Gasteiger partial charge is 0.271 e. The van der Waals surface area contributed by atoms with Gasteiger partial charge in [-0.1, -0.05) is 59.6 Å². The Morgan fingerprint density at radius 2 is 1.75 bits per heavy atom. The summed E-state index contributed by atoms with van der Waals surface area (Å²) in [5.41, 5.74) is 1.85. The van der Waals surface area contributed by atoms with E-state index in [0.717, 1.165) is 10.5 Å². The van der Waals surface area contributed by atoms with Crippen LogP contribution in [0.3, 0.4) is 0 Å². The standard InChI is InChI=1S/C25H16Cl2N2O3/c1-15-19(12-17-10-11-22(32-17)18-8-5-9-21(26)23(18)27)24(30)29(25(31)20(15)13-28)14-16-6-3-2-4-7-16/h2-12H,14H2,1H3/b19-12+. The lowest BCUT2D eigenvalue weighted by molar-refractivity contribution is -0.141. The van der Waals surface area contributed by atoms with Crippen LogP contribution in [-0.4, -0.2) is 16.7 Å². The van der Waals surface area contributed by atoms with Crippen LogP contribution < -0.4 is 0 Å². The maximum Gasteiger partial charge on any atom is 0.271 e. The molecule has 2 amide bonds. The van der Waals surface area contributed by atoms with Crippen LogP contribution in [0.15, 0.2) is 81.8 Å². The van der Waals surface area contributed by atoms with Gasteiger partial charge in [0.05, 0.1) is 16.6 Å². The molecule has 0 bridgehead atoms. The van der Waals surface area contributed by atoms with Gasteiger partial charge in [-0.15, -0.1) is 0 Å². The number of hydrogen-bond donors (Lipinski definition) is 0. The average molecular weight is 463 g/mol. The first-order valence-electron chi connectivity index (χ1n) is 9.68. The molecule has 0 unspecified atom stereocenters. The Kier molecular flexibility index (Phi) is 6.00. The van der Waals surface area contributed by atoms with Crippen molar-refractivity contribution in [1.82, 2.24) is 4.90 Å². The van der Waals surface area contributed by atoms with Crippen LogP contribution in [0.25, 0.3) is 17.4 Å². The van der Waals surface area contributed by atoms with Gasteiger partial charge in [0, 0.05) is 11.1 Å². The molecule has 5 nitrogen and oxygen atoms in total. The number of rotatable bonds is 4. The number of carbonyl (C=O) groups is 2. The molecule has 0 spiro atoms. The van der Waals surface area contributed by atoms with Crippen molar-refractivity contribution < 1.29 is 14.0 Å². The lowest BCUT2D eigenvalue weighted by atomic mass is 9.94. The van der Waals surface area contributed by atoms with Gasteiger partial charge >= 0.3 is 0 Å². The second kappa shape index (κ2) is 8.88. The molecule has 3 aromatic rings. The van der Waals surface area contributed by atoms with E-state index < -0.39 is 11.8 Å². The van der Waals surface area contributed by atoms with E-state index in [0.29, 0.717) is 32.7 Å². The molecule has 7 heteroatoms. The highest BCUT2D eigenvalue weighted by Crippen LogP contribution is 2.35. The molecule has 158 valence electrons.